The predicted octanol–water partition coefficient (Wildman–Crippen LogP) is 2.95. The molecule has 3 rings (SSSR count). The molecular formula is C26H28N4O3. The lowest BCUT2D eigenvalue weighted by Gasteiger charge is -2.10. The van der Waals surface area contributed by atoms with Gasteiger partial charge in [0.2, 0.25) is 11.8 Å². The number of aryl methyl sites for hydroxylation is 2. The van der Waals surface area contributed by atoms with Crippen molar-refractivity contribution in [1.82, 2.24) is 15.2 Å². The monoisotopic (exact) mass is 444 g/mol. The largest absolute Gasteiger partial charge is 0.368 e. The van der Waals surface area contributed by atoms with Crippen LogP contribution in [0.5, 0.6) is 0 Å². The third-order valence-corrected chi connectivity index (χ3v) is 5.28. The first-order valence-electron chi connectivity index (χ1n) is 10.6. The molecule has 33 heavy (non-hydrogen) atoms. The third kappa shape index (κ3) is 6.20. The summed E-state index contributed by atoms with van der Waals surface area (Å²) in [6.07, 6.45) is 3.33. The molecule has 1 aromatic heterocycles. The molecule has 0 aliphatic carbocycles. The van der Waals surface area contributed by atoms with Crippen LogP contribution in [0.2, 0.25) is 0 Å². The highest BCUT2D eigenvalue weighted by Crippen LogP contribution is 2.22. The first-order valence-corrected chi connectivity index (χ1v) is 10.6. The van der Waals surface area contributed by atoms with E-state index >= 15 is 0 Å². The molecule has 4 N–H and O–H groups in total. The Kier molecular flexibility index (Phi) is 7.46. The van der Waals surface area contributed by atoms with Gasteiger partial charge in [0, 0.05) is 35.3 Å². The normalized spacial score (nSPS) is 10.9. The van der Waals surface area contributed by atoms with E-state index in [4.69, 9.17) is 5.73 Å². The maximum atomic E-state index is 12.3. The third-order valence-electron chi connectivity index (χ3n) is 5.28. The van der Waals surface area contributed by atoms with Gasteiger partial charge in [0.15, 0.2) is 0 Å². The number of nitrogens with one attached hydrogen (secondary N) is 2. The topological polar surface area (TPSA) is 106 Å². The molecule has 0 saturated heterocycles. The Labute approximate surface area is 193 Å². The number of carbonyl (C=O) groups excluding carboxylic acids is 3. The quantitative estimate of drug-likeness (QED) is 0.465. The zero-order valence-electron chi connectivity index (χ0n) is 19.0. The molecule has 0 aliphatic heterocycles. The number of aromatic nitrogens is 1. The van der Waals surface area contributed by atoms with Crippen molar-refractivity contribution in [3.05, 3.63) is 94.3 Å². The van der Waals surface area contributed by atoms with E-state index in [2.05, 4.69) is 52.5 Å². The average Bonchev–Trinajstić information content (AvgIpc) is 3.08. The summed E-state index contributed by atoms with van der Waals surface area (Å²) in [6.45, 7) is 6.25. The lowest BCUT2D eigenvalue weighted by molar-refractivity contribution is -0.117. The summed E-state index contributed by atoms with van der Waals surface area (Å²) in [7, 11) is 0. The van der Waals surface area contributed by atoms with E-state index in [0.717, 1.165) is 28.2 Å². The van der Waals surface area contributed by atoms with Gasteiger partial charge in [0.1, 0.15) is 0 Å². The standard InChI is InChI=1S/C26H28N4O3/c1-17-4-11-23(12-5-17)30-18(2)14-22(19(30)3)10-13-25(32)28-15-20-6-8-21(9-7-20)26(33)29-16-24(27)31/h4-14H,15-16H2,1-3H3,(H2,27,31)(H,28,32)(H,29,33)/b13-10+. The van der Waals surface area contributed by atoms with Crippen LogP contribution in [-0.2, 0) is 16.1 Å². The molecule has 0 saturated carbocycles. The van der Waals surface area contributed by atoms with Crippen molar-refractivity contribution in [1.29, 1.82) is 0 Å². The number of carbonyl (C=O) groups is 3. The number of hydrogen-bond acceptors (Lipinski definition) is 3. The van der Waals surface area contributed by atoms with E-state index in [1.807, 2.05) is 19.9 Å². The van der Waals surface area contributed by atoms with E-state index < -0.39 is 5.91 Å². The van der Waals surface area contributed by atoms with Gasteiger partial charge in [0.25, 0.3) is 5.91 Å². The molecule has 0 bridgehead atoms. The van der Waals surface area contributed by atoms with Gasteiger partial charge in [-0.2, -0.15) is 0 Å². The van der Waals surface area contributed by atoms with Crippen molar-refractivity contribution < 1.29 is 14.4 Å². The molecule has 0 spiro atoms. The minimum atomic E-state index is -0.604. The lowest BCUT2D eigenvalue weighted by atomic mass is 10.1. The van der Waals surface area contributed by atoms with E-state index in [-0.39, 0.29) is 18.4 Å². The van der Waals surface area contributed by atoms with Gasteiger partial charge in [-0.3, -0.25) is 14.4 Å². The second kappa shape index (κ2) is 10.5. The molecule has 0 atom stereocenters. The highest BCUT2D eigenvalue weighted by molar-refractivity contribution is 5.96. The zero-order valence-corrected chi connectivity index (χ0v) is 19.0. The first kappa shape index (κ1) is 23.5. The van der Waals surface area contributed by atoms with Crippen LogP contribution >= 0.6 is 0 Å². The second-order valence-corrected chi connectivity index (χ2v) is 7.89. The van der Waals surface area contributed by atoms with Crippen LogP contribution in [-0.4, -0.2) is 28.8 Å². The van der Waals surface area contributed by atoms with Crippen molar-refractivity contribution in [2.24, 2.45) is 5.73 Å². The Bertz CT molecular complexity index is 1190. The summed E-state index contributed by atoms with van der Waals surface area (Å²) in [5.41, 5.74) is 11.7. The number of primary amides is 1. The molecule has 7 nitrogen and oxygen atoms in total. The van der Waals surface area contributed by atoms with Crippen LogP contribution in [0.1, 0.15) is 38.4 Å². The molecule has 1 heterocycles. The van der Waals surface area contributed by atoms with Crippen molar-refractivity contribution in [2.45, 2.75) is 27.3 Å². The van der Waals surface area contributed by atoms with Crippen molar-refractivity contribution in [3.63, 3.8) is 0 Å². The Morgan fingerprint density at radius 3 is 2.24 bits per heavy atom. The van der Waals surface area contributed by atoms with Crippen LogP contribution in [0.25, 0.3) is 11.8 Å². The predicted molar refractivity (Wildman–Crippen MR) is 129 cm³/mol. The van der Waals surface area contributed by atoms with Gasteiger partial charge in [-0.25, -0.2) is 0 Å². The fourth-order valence-electron chi connectivity index (χ4n) is 3.50. The maximum Gasteiger partial charge on any atom is 0.251 e. The molecule has 2 aromatic carbocycles. The minimum absolute atomic E-state index is 0.210. The molecule has 3 amide bonds. The number of nitrogens with zero attached hydrogens (tertiary/aromatic N) is 1. The maximum absolute atomic E-state index is 12.3. The number of amides is 3. The SMILES string of the molecule is Cc1ccc(-n2c(C)cc(/C=C/C(=O)NCc3ccc(C(=O)NCC(N)=O)cc3)c2C)cc1. The number of rotatable bonds is 8. The summed E-state index contributed by atoms with van der Waals surface area (Å²) in [6, 6.07) is 17.2. The fourth-order valence-corrected chi connectivity index (χ4v) is 3.50. The smallest absolute Gasteiger partial charge is 0.251 e. The van der Waals surface area contributed by atoms with Gasteiger partial charge in [0.05, 0.1) is 6.54 Å². The molecule has 7 heteroatoms. The van der Waals surface area contributed by atoms with E-state index in [1.54, 1.807) is 24.3 Å². The number of hydrogen-bond donors (Lipinski definition) is 3. The highest BCUT2D eigenvalue weighted by atomic mass is 16.2. The van der Waals surface area contributed by atoms with Gasteiger partial charge < -0.3 is 20.9 Å². The Morgan fingerprint density at radius 2 is 1.61 bits per heavy atom. The minimum Gasteiger partial charge on any atom is -0.368 e. The first-order chi connectivity index (χ1) is 15.7. The van der Waals surface area contributed by atoms with Crippen LogP contribution in [0, 0.1) is 20.8 Å². The van der Waals surface area contributed by atoms with Gasteiger partial charge in [-0.05, 0) is 68.3 Å². The summed E-state index contributed by atoms with van der Waals surface area (Å²) in [5.74, 6) is -1.19. The van der Waals surface area contributed by atoms with Crippen molar-refractivity contribution in [2.75, 3.05) is 6.54 Å². The summed E-state index contributed by atoms with van der Waals surface area (Å²) < 4.78 is 2.16. The van der Waals surface area contributed by atoms with Crippen LogP contribution < -0.4 is 16.4 Å². The average molecular weight is 445 g/mol. The van der Waals surface area contributed by atoms with E-state index in [9.17, 15) is 14.4 Å². The molecule has 0 fully saturated rings. The molecule has 0 aliphatic rings. The summed E-state index contributed by atoms with van der Waals surface area (Å²) in [5, 5.41) is 5.27. The number of nitrogens with two attached hydrogens (primary N) is 1. The fraction of sp³-hybridized carbons (Fsp3) is 0.192. The number of benzene rings is 2. The molecule has 170 valence electrons. The molecular weight excluding hydrogens is 416 g/mol. The summed E-state index contributed by atoms with van der Waals surface area (Å²) in [4.78, 5) is 35.0. The van der Waals surface area contributed by atoms with E-state index in [0.29, 0.717) is 12.1 Å². The Hall–Kier alpha value is -4.13. The summed E-state index contributed by atoms with van der Waals surface area (Å²) >= 11 is 0. The van der Waals surface area contributed by atoms with Gasteiger partial charge >= 0.3 is 0 Å². The van der Waals surface area contributed by atoms with Crippen LogP contribution in [0.4, 0.5) is 0 Å². The molecule has 0 unspecified atom stereocenters. The van der Waals surface area contributed by atoms with Gasteiger partial charge in [-0.1, -0.05) is 29.8 Å². The second-order valence-electron chi connectivity index (χ2n) is 7.89. The zero-order chi connectivity index (χ0) is 24.0. The molecule has 3 aromatic rings. The van der Waals surface area contributed by atoms with Gasteiger partial charge in [-0.15, -0.1) is 0 Å². The van der Waals surface area contributed by atoms with Crippen molar-refractivity contribution in [3.8, 4) is 5.69 Å². The highest BCUT2D eigenvalue weighted by Gasteiger charge is 2.10. The van der Waals surface area contributed by atoms with Crippen LogP contribution in [0.3, 0.4) is 0 Å². The van der Waals surface area contributed by atoms with Crippen LogP contribution in [0.15, 0.2) is 60.7 Å². The van der Waals surface area contributed by atoms with Crippen molar-refractivity contribution >= 4 is 23.8 Å². The lowest BCUT2D eigenvalue weighted by Crippen LogP contribution is -2.33. The Morgan fingerprint density at radius 1 is 0.939 bits per heavy atom. The Balaban J connectivity index is 1.58. The molecule has 0 radical (unpaired) electrons. The van der Waals surface area contributed by atoms with E-state index in [1.165, 1.54) is 11.6 Å².